The molecule has 0 N–H and O–H groups in total. The van der Waals surface area contributed by atoms with Crippen molar-refractivity contribution in [3.8, 4) is 0 Å². The molecule has 0 aromatic carbocycles. The topological polar surface area (TPSA) is 6.48 Å². The molecule has 0 spiro atoms. The lowest BCUT2D eigenvalue weighted by Gasteiger charge is -2.41. The maximum Gasteiger partial charge on any atom is 0.0195 e. The van der Waals surface area contributed by atoms with E-state index in [0.717, 1.165) is 23.8 Å². The first-order valence-electron chi connectivity index (χ1n) is 10.8. The minimum atomic E-state index is 0.714. The fourth-order valence-electron chi connectivity index (χ4n) is 4.34. The molecule has 2 rings (SSSR count). The fraction of sp³-hybridized carbons (Fsp3) is 1.00. The van der Waals surface area contributed by atoms with Gasteiger partial charge in [-0.1, -0.05) is 53.4 Å². The number of hydrogen-bond donors (Lipinski definition) is 0. The zero-order valence-corrected chi connectivity index (χ0v) is 17.9. The average molecular weight is 339 g/mol. The third-order valence-electron chi connectivity index (χ3n) is 5.98. The molecule has 24 heavy (non-hydrogen) atoms. The molecule has 2 aliphatic rings. The molecule has 1 atom stereocenters. The van der Waals surface area contributed by atoms with Crippen molar-refractivity contribution in [3.05, 3.63) is 0 Å². The first kappa shape index (κ1) is 22.0. The van der Waals surface area contributed by atoms with Crippen LogP contribution in [0.2, 0.25) is 0 Å². The van der Waals surface area contributed by atoms with Gasteiger partial charge in [-0.25, -0.2) is 0 Å². The molecule has 2 heteroatoms. The SMILES string of the molecule is CC(C)CC1CCC(C)CC1.CCCN1CCN(C(C)C)CC1C. The predicted octanol–water partition coefficient (Wildman–Crippen LogP) is 5.67. The Morgan fingerprint density at radius 3 is 2.00 bits per heavy atom. The maximum absolute atomic E-state index is 2.61. The van der Waals surface area contributed by atoms with E-state index >= 15 is 0 Å². The van der Waals surface area contributed by atoms with E-state index in [1.807, 2.05) is 0 Å². The van der Waals surface area contributed by atoms with Crippen molar-refractivity contribution < 1.29 is 0 Å². The van der Waals surface area contributed by atoms with E-state index in [-0.39, 0.29) is 0 Å². The largest absolute Gasteiger partial charge is 0.298 e. The van der Waals surface area contributed by atoms with Crippen LogP contribution in [0, 0.1) is 17.8 Å². The molecule has 0 amide bonds. The lowest BCUT2D eigenvalue weighted by Crippen LogP contribution is -2.53. The summed E-state index contributed by atoms with van der Waals surface area (Å²) in [5.41, 5.74) is 0. The molecule has 0 bridgehead atoms. The van der Waals surface area contributed by atoms with Gasteiger partial charge in [0.05, 0.1) is 0 Å². The average Bonchev–Trinajstić information content (AvgIpc) is 2.52. The summed E-state index contributed by atoms with van der Waals surface area (Å²) in [6, 6.07) is 1.46. The van der Waals surface area contributed by atoms with Gasteiger partial charge in [0, 0.05) is 31.7 Å². The second kappa shape index (κ2) is 11.5. The minimum Gasteiger partial charge on any atom is -0.298 e. The van der Waals surface area contributed by atoms with Crippen LogP contribution in [0.5, 0.6) is 0 Å². The first-order valence-corrected chi connectivity index (χ1v) is 10.8. The van der Waals surface area contributed by atoms with Crippen LogP contribution >= 0.6 is 0 Å². The molecular formula is C22H46N2. The highest BCUT2D eigenvalue weighted by Crippen LogP contribution is 2.32. The van der Waals surface area contributed by atoms with Gasteiger partial charge in [-0.15, -0.1) is 0 Å². The van der Waals surface area contributed by atoms with Crippen molar-refractivity contribution >= 4 is 0 Å². The number of rotatable bonds is 5. The van der Waals surface area contributed by atoms with E-state index in [2.05, 4.69) is 58.3 Å². The van der Waals surface area contributed by atoms with Crippen LogP contribution in [-0.2, 0) is 0 Å². The molecule has 1 aliphatic heterocycles. The molecule has 0 aromatic rings. The molecule has 1 heterocycles. The normalized spacial score (nSPS) is 29.6. The summed E-state index contributed by atoms with van der Waals surface area (Å²) in [4.78, 5) is 5.19. The van der Waals surface area contributed by atoms with Crippen molar-refractivity contribution in [3.63, 3.8) is 0 Å². The van der Waals surface area contributed by atoms with Gasteiger partial charge in [0.1, 0.15) is 0 Å². The van der Waals surface area contributed by atoms with E-state index < -0.39 is 0 Å². The molecule has 1 saturated heterocycles. The van der Waals surface area contributed by atoms with Crippen LogP contribution in [0.1, 0.15) is 87.0 Å². The Morgan fingerprint density at radius 1 is 0.917 bits per heavy atom. The van der Waals surface area contributed by atoms with E-state index in [1.165, 1.54) is 64.7 Å². The third-order valence-corrected chi connectivity index (χ3v) is 5.98. The Labute approximate surface area is 153 Å². The highest BCUT2D eigenvalue weighted by Gasteiger charge is 2.23. The Balaban J connectivity index is 0.000000243. The maximum atomic E-state index is 2.61. The minimum absolute atomic E-state index is 0.714. The highest BCUT2D eigenvalue weighted by molar-refractivity contribution is 4.80. The van der Waals surface area contributed by atoms with Crippen molar-refractivity contribution in [2.45, 2.75) is 99.1 Å². The fourth-order valence-corrected chi connectivity index (χ4v) is 4.34. The van der Waals surface area contributed by atoms with Gasteiger partial charge in [-0.3, -0.25) is 9.80 Å². The first-order chi connectivity index (χ1) is 11.3. The summed E-state index contributed by atoms with van der Waals surface area (Å²) in [6.45, 7) is 21.3. The van der Waals surface area contributed by atoms with E-state index in [9.17, 15) is 0 Å². The summed E-state index contributed by atoms with van der Waals surface area (Å²) < 4.78 is 0. The molecule has 2 nitrogen and oxygen atoms in total. The van der Waals surface area contributed by atoms with E-state index in [0.29, 0.717) is 6.04 Å². The summed E-state index contributed by atoms with van der Waals surface area (Å²) in [5.74, 6) is 2.98. The Bertz CT molecular complexity index is 305. The second-order valence-electron chi connectivity index (χ2n) is 9.23. The quantitative estimate of drug-likeness (QED) is 0.637. The predicted molar refractivity (Wildman–Crippen MR) is 109 cm³/mol. The van der Waals surface area contributed by atoms with Crippen molar-refractivity contribution in [2.24, 2.45) is 17.8 Å². The molecule has 2 fully saturated rings. The smallest absolute Gasteiger partial charge is 0.0195 e. The second-order valence-corrected chi connectivity index (χ2v) is 9.23. The number of piperazine rings is 1. The molecule has 1 saturated carbocycles. The van der Waals surface area contributed by atoms with Crippen LogP contribution in [0.25, 0.3) is 0 Å². The lowest BCUT2D eigenvalue weighted by atomic mass is 9.79. The molecule has 1 aliphatic carbocycles. The summed E-state index contributed by atoms with van der Waals surface area (Å²) in [7, 11) is 0. The lowest BCUT2D eigenvalue weighted by molar-refractivity contribution is 0.0650. The van der Waals surface area contributed by atoms with Crippen LogP contribution in [0.4, 0.5) is 0 Å². The summed E-state index contributed by atoms with van der Waals surface area (Å²) in [6.07, 6.45) is 8.71. The van der Waals surface area contributed by atoms with Crippen LogP contribution in [0.15, 0.2) is 0 Å². The van der Waals surface area contributed by atoms with Gasteiger partial charge in [-0.05, 0) is 57.9 Å². The van der Waals surface area contributed by atoms with Crippen LogP contribution in [-0.4, -0.2) is 48.1 Å². The summed E-state index contributed by atoms with van der Waals surface area (Å²) in [5, 5.41) is 0. The zero-order valence-electron chi connectivity index (χ0n) is 17.9. The molecule has 144 valence electrons. The number of hydrogen-bond acceptors (Lipinski definition) is 2. The van der Waals surface area contributed by atoms with E-state index in [4.69, 9.17) is 0 Å². The van der Waals surface area contributed by atoms with Crippen molar-refractivity contribution in [2.75, 3.05) is 26.2 Å². The third kappa shape index (κ3) is 8.34. The van der Waals surface area contributed by atoms with Crippen molar-refractivity contribution in [1.82, 2.24) is 9.80 Å². The zero-order chi connectivity index (χ0) is 18.1. The standard InChI is InChI=1S/C11H24N2.C11H22/c1-5-6-12-7-8-13(10(2)3)9-11(12)4;1-9(2)8-11-6-4-10(3)5-7-11/h10-11H,5-9H2,1-4H3;9-11H,4-8H2,1-3H3. The van der Waals surface area contributed by atoms with Gasteiger partial charge >= 0.3 is 0 Å². The van der Waals surface area contributed by atoms with Gasteiger partial charge < -0.3 is 0 Å². The molecule has 0 radical (unpaired) electrons. The Hall–Kier alpha value is -0.0800. The number of nitrogens with zero attached hydrogens (tertiary/aromatic N) is 2. The molecule has 0 aromatic heterocycles. The van der Waals surface area contributed by atoms with Crippen molar-refractivity contribution in [1.29, 1.82) is 0 Å². The van der Waals surface area contributed by atoms with Gasteiger partial charge in [0.15, 0.2) is 0 Å². The van der Waals surface area contributed by atoms with Gasteiger partial charge in [0.25, 0.3) is 0 Å². The van der Waals surface area contributed by atoms with Gasteiger partial charge in [0.2, 0.25) is 0 Å². The van der Waals surface area contributed by atoms with E-state index in [1.54, 1.807) is 0 Å². The van der Waals surface area contributed by atoms with Crippen LogP contribution < -0.4 is 0 Å². The highest BCUT2D eigenvalue weighted by atomic mass is 15.3. The monoisotopic (exact) mass is 338 g/mol. The summed E-state index contributed by atoms with van der Waals surface area (Å²) >= 11 is 0. The Morgan fingerprint density at radius 2 is 1.54 bits per heavy atom. The molecule has 1 unspecified atom stereocenters. The van der Waals surface area contributed by atoms with Crippen LogP contribution in [0.3, 0.4) is 0 Å². The Kier molecular flexibility index (Phi) is 10.5. The molecular weight excluding hydrogens is 292 g/mol. The van der Waals surface area contributed by atoms with Gasteiger partial charge in [-0.2, -0.15) is 0 Å².